The van der Waals surface area contributed by atoms with Crippen LogP contribution in [0.4, 0.5) is 5.69 Å². The Morgan fingerprint density at radius 2 is 1.94 bits per heavy atom. The minimum atomic E-state index is 0.344. The number of benzene rings is 1. The highest BCUT2D eigenvalue weighted by atomic mass is 15.3. The minimum Gasteiger partial charge on any atom is -0.376 e. The Morgan fingerprint density at radius 1 is 1.22 bits per heavy atom. The molecule has 1 aromatic heterocycles. The monoisotopic (exact) mass is 243 g/mol. The second kappa shape index (κ2) is 5.71. The number of hydrogen-bond donors (Lipinski definition) is 1. The van der Waals surface area contributed by atoms with Crippen molar-refractivity contribution in [1.82, 2.24) is 9.78 Å². The quantitative estimate of drug-likeness (QED) is 0.859. The molecule has 0 bridgehead atoms. The molecule has 2 aromatic rings. The zero-order valence-electron chi connectivity index (χ0n) is 11.3. The standard InChI is InChI=1S/C15H21N3/c1-4-15(13-8-6-5-7-9-13)17-14-10-16-18(11-14)12(2)3/h5-12,15,17H,4H2,1-3H3. The molecule has 2 rings (SSSR count). The van der Waals surface area contributed by atoms with Gasteiger partial charge < -0.3 is 5.32 Å². The molecule has 0 aliphatic heterocycles. The average Bonchev–Trinajstić information content (AvgIpc) is 2.86. The summed E-state index contributed by atoms with van der Waals surface area (Å²) in [6, 6.07) is 11.3. The third-order valence-electron chi connectivity index (χ3n) is 3.08. The molecule has 18 heavy (non-hydrogen) atoms. The molecule has 1 unspecified atom stereocenters. The molecule has 1 atom stereocenters. The predicted octanol–water partition coefficient (Wildman–Crippen LogP) is 4.03. The second-order valence-electron chi connectivity index (χ2n) is 4.82. The van der Waals surface area contributed by atoms with Gasteiger partial charge in [0.2, 0.25) is 0 Å². The number of nitrogens with zero attached hydrogens (tertiary/aromatic N) is 2. The van der Waals surface area contributed by atoms with E-state index in [1.54, 1.807) is 0 Å². The molecular formula is C15H21N3. The molecule has 96 valence electrons. The topological polar surface area (TPSA) is 29.9 Å². The van der Waals surface area contributed by atoms with Gasteiger partial charge in [0.05, 0.1) is 17.9 Å². The third-order valence-corrected chi connectivity index (χ3v) is 3.08. The maximum atomic E-state index is 4.35. The predicted molar refractivity (Wildman–Crippen MR) is 75.7 cm³/mol. The molecule has 1 N–H and O–H groups in total. The SMILES string of the molecule is CCC(Nc1cnn(C(C)C)c1)c1ccccc1. The van der Waals surface area contributed by atoms with Crippen molar-refractivity contribution in [3.05, 3.63) is 48.3 Å². The molecule has 0 fully saturated rings. The first-order valence-electron chi connectivity index (χ1n) is 6.56. The summed E-state index contributed by atoms with van der Waals surface area (Å²) in [7, 11) is 0. The smallest absolute Gasteiger partial charge is 0.0731 e. The van der Waals surface area contributed by atoms with E-state index in [-0.39, 0.29) is 0 Å². The first-order chi connectivity index (χ1) is 8.70. The van der Waals surface area contributed by atoms with Crippen LogP contribution in [0.1, 0.15) is 44.8 Å². The van der Waals surface area contributed by atoms with Crippen LogP contribution in [0.2, 0.25) is 0 Å². The van der Waals surface area contributed by atoms with Crippen molar-refractivity contribution in [2.45, 2.75) is 39.3 Å². The highest BCUT2D eigenvalue weighted by Gasteiger charge is 2.10. The van der Waals surface area contributed by atoms with Gasteiger partial charge in [-0.1, -0.05) is 37.3 Å². The van der Waals surface area contributed by atoms with Gasteiger partial charge >= 0.3 is 0 Å². The van der Waals surface area contributed by atoms with Crippen molar-refractivity contribution in [2.24, 2.45) is 0 Å². The minimum absolute atomic E-state index is 0.344. The molecule has 0 saturated carbocycles. The lowest BCUT2D eigenvalue weighted by atomic mass is 10.0. The van der Waals surface area contributed by atoms with Gasteiger partial charge in [-0.05, 0) is 25.8 Å². The van der Waals surface area contributed by atoms with Crippen LogP contribution >= 0.6 is 0 Å². The van der Waals surface area contributed by atoms with E-state index in [1.807, 2.05) is 16.9 Å². The Labute approximate surface area is 109 Å². The molecule has 0 aliphatic rings. The highest BCUT2D eigenvalue weighted by Crippen LogP contribution is 2.22. The maximum Gasteiger partial charge on any atom is 0.0731 e. The Kier molecular flexibility index (Phi) is 4.03. The normalized spacial score (nSPS) is 12.7. The summed E-state index contributed by atoms with van der Waals surface area (Å²) in [6.45, 7) is 6.45. The van der Waals surface area contributed by atoms with E-state index >= 15 is 0 Å². The van der Waals surface area contributed by atoms with Crippen molar-refractivity contribution in [1.29, 1.82) is 0 Å². The zero-order valence-corrected chi connectivity index (χ0v) is 11.3. The second-order valence-corrected chi connectivity index (χ2v) is 4.82. The summed E-state index contributed by atoms with van der Waals surface area (Å²) in [5.41, 5.74) is 2.40. The summed E-state index contributed by atoms with van der Waals surface area (Å²) in [5.74, 6) is 0. The van der Waals surface area contributed by atoms with E-state index in [4.69, 9.17) is 0 Å². The van der Waals surface area contributed by atoms with Gasteiger partial charge in [-0.2, -0.15) is 5.10 Å². The fourth-order valence-corrected chi connectivity index (χ4v) is 2.00. The first kappa shape index (κ1) is 12.7. The molecule has 0 saturated heterocycles. The summed E-state index contributed by atoms with van der Waals surface area (Å²) < 4.78 is 1.97. The van der Waals surface area contributed by atoms with Crippen LogP contribution in [0.25, 0.3) is 0 Å². The Morgan fingerprint density at radius 3 is 2.50 bits per heavy atom. The molecule has 0 amide bonds. The van der Waals surface area contributed by atoms with Crippen LogP contribution in [0, 0.1) is 0 Å². The fourth-order valence-electron chi connectivity index (χ4n) is 2.00. The van der Waals surface area contributed by atoms with E-state index in [2.05, 4.69) is 61.6 Å². The lowest BCUT2D eigenvalue weighted by Crippen LogP contribution is -2.09. The van der Waals surface area contributed by atoms with Gasteiger partial charge in [-0.3, -0.25) is 4.68 Å². The molecular weight excluding hydrogens is 222 g/mol. The number of hydrogen-bond acceptors (Lipinski definition) is 2. The number of aromatic nitrogens is 2. The van der Waals surface area contributed by atoms with Gasteiger partial charge in [-0.15, -0.1) is 0 Å². The largest absolute Gasteiger partial charge is 0.376 e. The zero-order chi connectivity index (χ0) is 13.0. The van der Waals surface area contributed by atoms with E-state index < -0.39 is 0 Å². The molecule has 0 radical (unpaired) electrons. The lowest BCUT2D eigenvalue weighted by Gasteiger charge is -2.17. The summed E-state index contributed by atoms with van der Waals surface area (Å²) in [6.07, 6.45) is 5.01. The van der Waals surface area contributed by atoms with Crippen LogP contribution in [0.5, 0.6) is 0 Å². The number of anilines is 1. The summed E-state index contributed by atoms with van der Waals surface area (Å²) in [5, 5.41) is 7.89. The molecule has 0 spiro atoms. The number of nitrogens with one attached hydrogen (secondary N) is 1. The van der Waals surface area contributed by atoms with E-state index in [0.29, 0.717) is 12.1 Å². The molecule has 3 nitrogen and oxygen atoms in total. The molecule has 0 aliphatic carbocycles. The lowest BCUT2D eigenvalue weighted by molar-refractivity contribution is 0.532. The van der Waals surface area contributed by atoms with E-state index in [0.717, 1.165) is 12.1 Å². The fraction of sp³-hybridized carbons (Fsp3) is 0.400. The van der Waals surface area contributed by atoms with Crippen molar-refractivity contribution < 1.29 is 0 Å². The Hall–Kier alpha value is -1.77. The Bertz CT molecular complexity index is 473. The first-order valence-corrected chi connectivity index (χ1v) is 6.56. The Balaban J connectivity index is 2.10. The van der Waals surface area contributed by atoms with Crippen molar-refractivity contribution >= 4 is 5.69 Å². The van der Waals surface area contributed by atoms with Crippen LogP contribution < -0.4 is 5.32 Å². The number of rotatable bonds is 5. The van der Waals surface area contributed by atoms with Crippen LogP contribution in [0.3, 0.4) is 0 Å². The van der Waals surface area contributed by atoms with Crippen molar-refractivity contribution in [2.75, 3.05) is 5.32 Å². The van der Waals surface area contributed by atoms with Gasteiger partial charge in [0.15, 0.2) is 0 Å². The van der Waals surface area contributed by atoms with Gasteiger partial charge in [-0.25, -0.2) is 0 Å². The molecule has 1 aromatic carbocycles. The highest BCUT2D eigenvalue weighted by molar-refractivity contribution is 5.41. The van der Waals surface area contributed by atoms with Gasteiger partial charge in [0, 0.05) is 12.2 Å². The van der Waals surface area contributed by atoms with Crippen LogP contribution in [-0.2, 0) is 0 Å². The van der Waals surface area contributed by atoms with Gasteiger partial charge in [0.25, 0.3) is 0 Å². The average molecular weight is 243 g/mol. The van der Waals surface area contributed by atoms with Gasteiger partial charge in [0.1, 0.15) is 0 Å². The maximum absolute atomic E-state index is 4.35. The summed E-state index contributed by atoms with van der Waals surface area (Å²) >= 11 is 0. The molecule has 1 heterocycles. The van der Waals surface area contributed by atoms with Crippen molar-refractivity contribution in [3.8, 4) is 0 Å². The summed E-state index contributed by atoms with van der Waals surface area (Å²) in [4.78, 5) is 0. The van der Waals surface area contributed by atoms with Crippen LogP contribution in [0.15, 0.2) is 42.7 Å². The van der Waals surface area contributed by atoms with E-state index in [9.17, 15) is 0 Å². The van der Waals surface area contributed by atoms with Crippen molar-refractivity contribution in [3.63, 3.8) is 0 Å². The van der Waals surface area contributed by atoms with Crippen LogP contribution in [-0.4, -0.2) is 9.78 Å². The third kappa shape index (κ3) is 2.92. The molecule has 3 heteroatoms. The van der Waals surface area contributed by atoms with E-state index in [1.165, 1.54) is 5.56 Å².